The monoisotopic (exact) mass is 103 g/mol. The summed E-state index contributed by atoms with van der Waals surface area (Å²) in [5.41, 5.74) is 0. The fourth-order valence-corrected chi connectivity index (χ4v) is 0.778. The number of hydrogen-bond acceptors (Lipinski definition) is 1. The van der Waals surface area contributed by atoms with E-state index in [1.807, 2.05) is 6.92 Å². The summed E-state index contributed by atoms with van der Waals surface area (Å²) in [5, 5.41) is 2.95. The number of rotatable bonds is 0. The van der Waals surface area contributed by atoms with Crippen LogP contribution in [0.3, 0.4) is 0 Å². The average molecular weight is 103 g/mol. The first kappa shape index (κ1) is 5.04. The highest BCUT2D eigenvalue weighted by molar-refractivity contribution is 4.76. The van der Waals surface area contributed by atoms with Gasteiger partial charge in [0.25, 0.3) is 0 Å². The molecule has 1 rings (SSSR count). The van der Waals surface area contributed by atoms with Crippen LogP contribution in [0.2, 0.25) is 0 Å². The lowest BCUT2D eigenvalue weighted by Gasteiger charge is -1.99. The second kappa shape index (κ2) is 1.78. The summed E-state index contributed by atoms with van der Waals surface area (Å²) in [6.07, 6.45) is -0.597. The van der Waals surface area contributed by atoms with E-state index in [-0.39, 0.29) is 5.92 Å². The molecule has 1 nitrogen and oxygen atoms in total. The summed E-state index contributed by atoms with van der Waals surface area (Å²) in [4.78, 5) is 0. The fraction of sp³-hybridized carbons (Fsp3) is 1.00. The van der Waals surface area contributed by atoms with Crippen LogP contribution in [-0.4, -0.2) is 19.3 Å². The standard InChI is InChI=1S/C5H10FN/c1-4-2-7-3-5(4)6/h4-5,7H,2-3H2,1H3/t4-,5-/m1/s1. The van der Waals surface area contributed by atoms with E-state index in [0.717, 1.165) is 6.54 Å². The first-order valence-corrected chi connectivity index (χ1v) is 2.65. The van der Waals surface area contributed by atoms with Crippen LogP contribution in [0.1, 0.15) is 6.92 Å². The van der Waals surface area contributed by atoms with E-state index < -0.39 is 6.17 Å². The number of hydrogen-bond donors (Lipinski definition) is 1. The van der Waals surface area contributed by atoms with Crippen molar-refractivity contribution in [3.63, 3.8) is 0 Å². The Morgan fingerprint density at radius 2 is 2.29 bits per heavy atom. The molecule has 1 aliphatic rings. The van der Waals surface area contributed by atoms with Crippen LogP contribution in [0.5, 0.6) is 0 Å². The predicted octanol–water partition coefficient (Wildman–Crippen LogP) is 0.564. The largest absolute Gasteiger partial charge is 0.313 e. The van der Waals surface area contributed by atoms with Crippen molar-refractivity contribution < 1.29 is 4.39 Å². The van der Waals surface area contributed by atoms with Gasteiger partial charge in [-0.3, -0.25) is 0 Å². The van der Waals surface area contributed by atoms with Crippen molar-refractivity contribution in [1.29, 1.82) is 0 Å². The molecule has 0 spiro atoms. The predicted molar refractivity (Wildman–Crippen MR) is 26.9 cm³/mol. The number of nitrogens with one attached hydrogen (secondary N) is 1. The highest BCUT2D eigenvalue weighted by Gasteiger charge is 2.21. The minimum absolute atomic E-state index is 0.236. The summed E-state index contributed by atoms with van der Waals surface area (Å²) in [6.45, 7) is 3.33. The molecule has 1 aliphatic heterocycles. The van der Waals surface area contributed by atoms with E-state index in [1.165, 1.54) is 0 Å². The highest BCUT2D eigenvalue weighted by atomic mass is 19.1. The van der Waals surface area contributed by atoms with Crippen molar-refractivity contribution in [2.75, 3.05) is 13.1 Å². The smallest absolute Gasteiger partial charge is 0.116 e. The molecule has 0 aliphatic carbocycles. The first-order valence-electron chi connectivity index (χ1n) is 2.65. The molecule has 7 heavy (non-hydrogen) atoms. The summed E-state index contributed by atoms with van der Waals surface area (Å²) < 4.78 is 12.3. The van der Waals surface area contributed by atoms with E-state index in [2.05, 4.69) is 5.32 Å². The van der Waals surface area contributed by atoms with Crippen LogP contribution in [0.4, 0.5) is 4.39 Å². The van der Waals surface area contributed by atoms with Gasteiger partial charge in [-0.05, 0) is 0 Å². The van der Waals surface area contributed by atoms with E-state index in [4.69, 9.17) is 0 Å². The van der Waals surface area contributed by atoms with Crippen molar-refractivity contribution in [3.05, 3.63) is 0 Å². The van der Waals surface area contributed by atoms with Crippen LogP contribution in [0.15, 0.2) is 0 Å². The summed E-state index contributed by atoms with van der Waals surface area (Å²) >= 11 is 0. The molecule has 0 bridgehead atoms. The van der Waals surface area contributed by atoms with Crippen LogP contribution in [-0.2, 0) is 0 Å². The second-order valence-corrected chi connectivity index (χ2v) is 2.15. The zero-order valence-electron chi connectivity index (χ0n) is 4.45. The third-order valence-electron chi connectivity index (χ3n) is 1.42. The summed E-state index contributed by atoms with van der Waals surface area (Å²) in [7, 11) is 0. The van der Waals surface area contributed by atoms with Gasteiger partial charge < -0.3 is 5.32 Å². The molecular weight excluding hydrogens is 93.1 g/mol. The zero-order chi connectivity index (χ0) is 5.28. The van der Waals surface area contributed by atoms with Gasteiger partial charge in [0.15, 0.2) is 0 Å². The van der Waals surface area contributed by atoms with Crippen LogP contribution in [0.25, 0.3) is 0 Å². The molecule has 1 fully saturated rings. The lowest BCUT2D eigenvalue weighted by molar-refractivity contribution is 0.298. The minimum atomic E-state index is -0.597. The molecule has 0 aromatic heterocycles. The normalized spacial score (nSPS) is 42.0. The Morgan fingerprint density at radius 1 is 1.57 bits per heavy atom. The van der Waals surface area contributed by atoms with Crippen molar-refractivity contribution in [2.45, 2.75) is 13.1 Å². The molecule has 0 unspecified atom stereocenters. The highest BCUT2D eigenvalue weighted by Crippen LogP contribution is 2.09. The molecule has 0 amide bonds. The third kappa shape index (κ3) is 0.911. The molecule has 1 saturated heterocycles. The molecule has 0 aromatic rings. The second-order valence-electron chi connectivity index (χ2n) is 2.15. The third-order valence-corrected chi connectivity index (χ3v) is 1.42. The molecule has 42 valence electrons. The van der Waals surface area contributed by atoms with Crippen molar-refractivity contribution in [1.82, 2.24) is 5.32 Å². The minimum Gasteiger partial charge on any atom is -0.313 e. The van der Waals surface area contributed by atoms with Crippen molar-refractivity contribution in [2.24, 2.45) is 5.92 Å². The number of alkyl halides is 1. The molecule has 1 N–H and O–H groups in total. The van der Waals surface area contributed by atoms with E-state index in [1.54, 1.807) is 0 Å². The lowest BCUT2D eigenvalue weighted by Crippen LogP contribution is -2.08. The van der Waals surface area contributed by atoms with Gasteiger partial charge in [-0.2, -0.15) is 0 Å². The van der Waals surface area contributed by atoms with E-state index in [0.29, 0.717) is 6.54 Å². The Labute approximate surface area is 42.9 Å². The summed E-state index contributed by atoms with van der Waals surface area (Å²) in [5.74, 6) is 0.236. The van der Waals surface area contributed by atoms with Crippen LogP contribution >= 0.6 is 0 Å². The first-order chi connectivity index (χ1) is 3.30. The van der Waals surface area contributed by atoms with Crippen molar-refractivity contribution in [3.8, 4) is 0 Å². The van der Waals surface area contributed by atoms with Gasteiger partial charge in [0.2, 0.25) is 0 Å². The molecule has 0 aromatic carbocycles. The Balaban J connectivity index is 2.33. The van der Waals surface area contributed by atoms with Gasteiger partial charge in [-0.15, -0.1) is 0 Å². The maximum absolute atomic E-state index is 12.3. The Hall–Kier alpha value is -0.110. The van der Waals surface area contributed by atoms with Crippen LogP contribution < -0.4 is 5.32 Å². The maximum atomic E-state index is 12.3. The quantitative estimate of drug-likeness (QED) is 0.472. The van der Waals surface area contributed by atoms with Gasteiger partial charge in [0.1, 0.15) is 6.17 Å². The fourth-order valence-electron chi connectivity index (χ4n) is 0.778. The van der Waals surface area contributed by atoms with Gasteiger partial charge in [-0.1, -0.05) is 6.92 Å². The van der Waals surface area contributed by atoms with E-state index in [9.17, 15) is 4.39 Å². The van der Waals surface area contributed by atoms with Crippen LogP contribution in [0, 0.1) is 5.92 Å². The van der Waals surface area contributed by atoms with Crippen molar-refractivity contribution >= 4 is 0 Å². The molecule has 2 atom stereocenters. The molecule has 1 heterocycles. The Kier molecular flexibility index (Phi) is 1.28. The topological polar surface area (TPSA) is 12.0 Å². The SMILES string of the molecule is C[C@@H]1CNC[C@H]1F. The molecule has 0 saturated carbocycles. The van der Waals surface area contributed by atoms with E-state index >= 15 is 0 Å². The molecule has 0 radical (unpaired) electrons. The average Bonchev–Trinajstić information content (AvgIpc) is 1.91. The zero-order valence-corrected chi connectivity index (χ0v) is 4.45. The number of halogens is 1. The molecule has 2 heteroatoms. The van der Waals surface area contributed by atoms with Gasteiger partial charge in [0, 0.05) is 19.0 Å². The van der Waals surface area contributed by atoms with Gasteiger partial charge in [0.05, 0.1) is 0 Å². The Bertz CT molecular complexity index is 57.1. The lowest BCUT2D eigenvalue weighted by atomic mass is 10.1. The molecular formula is C5H10FN. The van der Waals surface area contributed by atoms with Gasteiger partial charge >= 0.3 is 0 Å². The van der Waals surface area contributed by atoms with Gasteiger partial charge in [-0.25, -0.2) is 4.39 Å². The maximum Gasteiger partial charge on any atom is 0.116 e. The summed E-state index contributed by atoms with van der Waals surface area (Å²) in [6, 6.07) is 0. The Morgan fingerprint density at radius 3 is 2.43 bits per heavy atom.